The number of halogens is 1. The summed E-state index contributed by atoms with van der Waals surface area (Å²) in [6, 6.07) is 9.40. The summed E-state index contributed by atoms with van der Waals surface area (Å²) in [6.45, 7) is 14.0. The van der Waals surface area contributed by atoms with Crippen molar-refractivity contribution in [3.8, 4) is 0 Å². The molecule has 0 saturated carbocycles. The lowest BCUT2D eigenvalue weighted by Crippen LogP contribution is -2.47. The first kappa shape index (κ1) is 33.2. The number of amides is 2. The van der Waals surface area contributed by atoms with Crippen LogP contribution in [0.1, 0.15) is 71.9 Å². The molecule has 1 aliphatic rings. The summed E-state index contributed by atoms with van der Waals surface area (Å²) in [5, 5.41) is 3.38. The zero-order chi connectivity index (χ0) is 30.9. The molecule has 12 heteroatoms. The minimum atomic E-state index is -0.638. The van der Waals surface area contributed by atoms with Gasteiger partial charge in [-0.15, -0.1) is 0 Å². The van der Waals surface area contributed by atoms with Crippen molar-refractivity contribution < 1.29 is 23.8 Å². The molecule has 0 atom stereocenters. The van der Waals surface area contributed by atoms with E-state index in [0.29, 0.717) is 51.8 Å². The molecular formula is C30H45ClN6O5. The Bertz CT molecular complexity index is 1160. The second-order valence-corrected chi connectivity index (χ2v) is 12.8. The van der Waals surface area contributed by atoms with Crippen LogP contribution in [-0.2, 0) is 27.3 Å². The van der Waals surface area contributed by atoms with Gasteiger partial charge >= 0.3 is 12.2 Å². The van der Waals surface area contributed by atoms with E-state index in [2.05, 4.69) is 15.3 Å². The Morgan fingerprint density at radius 3 is 2.17 bits per heavy atom. The van der Waals surface area contributed by atoms with E-state index in [-0.39, 0.29) is 23.1 Å². The lowest BCUT2D eigenvalue weighted by Gasteiger charge is -2.36. The van der Waals surface area contributed by atoms with Crippen LogP contribution in [0.25, 0.3) is 0 Å². The molecule has 2 amide bonds. The fraction of sp³-hybridized carbons (Fsp3) is 0.600. The van der Waals surface area contributed by atoms with Crippen LogP contribution in [-0.4, -0.2) is 75.5 Å². The van der Waals surface area contributed by atoms with Gasteiger partial charge in [0.25, 0.3) is 0 Å². The Labute approximate surface area is 254 Å². The first-order valence-corrected chi connectivity index (χ1v) is 14.7. The highest BCUT2D eigenvalue weighted by atomic mass is 35.5. The van der Waals surface area contributed by atoms with Gasteiger partial charge in [-0.1, -0.05) is 35.9 Å². The molecule has 2 heterocycles. The molecular weight excluding hydrogens is 560 g/mol. The molecule has 1 aromatic carbocycles. The number of nitrogens with two attached hydrogens (primary N) is 1. The second-order valence-electron chi connectivity index (χ2n) is 12.4. The average molecular weight is 605 g/mol. The standard InChI is InChI=1S/C30H45ClN6O5/c1-29(2,3)41-27(38)36(14-7-15-37(23-12-16-40-17-13-23)28(39)42-30(4,5)6)20-22-10-8-21(9-11-22)19-33-26-34-24(31)18-25(32)35-26/h8-11,18,23H,7,12-17,19-20H2,1-6H3,(H3,32,33,34,35). The summed E-state index contributed by atoms with van der Waals surface area (Å²) in [5.41, 5.74) is 6.44. The first-order chi connectivity index (χ1) is 19.7. The summed E-state index contributed by atoms with van der Waals surface area (Å²) in [5.74, 6) is 0.637. The van der Waals surface area contributed by atoms with E-state index in [9.17, 15) is 9.59 Å². The van der Waals surface area contributed by atoms with Crippen molar-refractivity contribution in [3.05, 3.63) is 46.6 Å². The van der Waals surface area contributed by atoms with Crippen LogP contribution in [0, 0.1) is 0 Å². The number of hydrogen-bond donors (Lipinski definition) is 2. The summed E-state index contributed by atoms with van der Waals surface area (Å²) >= 11 is 5.96. The molecule has 42 heavy (non-hydrogen) atoms. The highest BCUT2D eigenvalue weighted by molar-refractivity contribution is 6.29. The first-order valence-electron chi connectivity index (χ1n) is 14.4. The molecule has 1 aliphatic heterocycles. The van der Waals surface area contributed by atoms with Crippen LogP contribution in [0.5, 0.6) is 0 Å². The molecule has 11 nitrogen and oxygen atoms in total. The van der Waals surface area contributed by atoms with E-state index in [1.807, 2.05) is 65.8 Å². The molecule has 0 spiro atoms. The molecule has 0 unspecified atom stereocenters. The van der Waals surface area contributed by atoms with Crippen molar-refractivity contribution >= 4 is 35.6 Å². The summed E-state index contributed by atoms with van der Waals surface area (Å²) in [7, 11) is 0. The minimum Gasteiger partial charge on any atom is -0.444 e. The van der Waals surface area contributed by atoms with Crippen LogP contribution in [0.2, 0.25) is 5.15 Å². The highest BCUT2D eigenvalue weighted by Gasteiger charge is 2.30. The topological polar surface area (TPSA) is 132 Å². The van der Waals surface area contributed by atoms with E-state index >= 15 is 0 Å². The highest BCUT2D eigenvalue weighted by Crippen LogP contribution is 2.20. The predicted molar refractivity (Wildman–Crippen MR) is 163 cm³/mol. The maximum atomic E-state index is 13.2. The molecule has 1 fully saturated rings. The number of nitrogens with one attached hydrogen (secondary N) is 1. The van der Waals surface area contributed by atoms with Gasteiger partial charge in [-0.2, -0.15) is 4.98 Å². The largest absolute Gasteiger partial charge is 0.444 e. The van der Waals surface area contributed by atoms with Gasteiger partial charge in [0.05, 0.1) is 0 Å². The van der Waals surface area contributed by atoms with Gasteiger partial charge in [-0.25, -0.2) is 14.6 Å². The molecule has 1 saturated heterocycles. The third-order valence-corrected chi connectivity index (χ3v) is 6.49. The number of carbonyl (C=O) groups is 2. The third-order valence-electron chi connectivity index (χ3n) is 6.30. The lowest BCUT2D eigenvalue weighted by atomic mass is 10.1. The molecule has 1 aromatic heterocycles. The number of nitrogen functional groups attached to an aromatic ring is 1. The number of aromatic nitrogens is 2. The van der Waals surface area contributed by atoms with Crippen molar-refractivity contribution in [2.45, 2.75) is 91.1 Å². The summed E-state index contributed by atoms with van der Waals surface area (Å²) in [4.78, 5) is 38.0. The van der Waals surface area contributed by atoms with Gasteiger partial charge in [0.2, 0.25) is 5.95 Å². The fourth-order valence-corrected chi connectivity index (χ4v) is 4.60. The second kappa shape index (κ2) is 14.7. The molecule has 0 bridgehead atoms. The molecule has 2 aromatic rings. The molecule has 0 radical (unpaired) electrons. The van der Waals surface area contributed by atoms with Crippen molar-refractivity contribution in [2.24, 2.45) is 0 Å². The Kier molecular flexibility index (Phi) is 11.6. The van der Waals surface area contributed by atoms with Crippen LogP contribution < -0.4 is 11.1 Å². The zero-order valence-corrected chi connectivity index (χ0v) is 26.4. The summed E-state index contributed by atoms with van der Waals surface area (Å²) < 4.78 is 16.9. The fourth-order valence-electron chi connectivity index (χ4n) is 4.41. The molecule has 3 rings (SSSR count). The zero-order valence-electron chi connectivity index (χ0n) is 25.6. The van der Waals surface area contributed by atoms with Gasteiger partial charge in [0.15, 0.2) is 0 Å². The quantitative estimate of drug-likeness (QED) is 0.320. The van der Waals surface area contributed by atoms with Gasteiger partial charge in [-0.05, 0) is 71.9 Å². The normalized spacial score (nSPS) is 14.3. The maximum absolute atomic E-state index is 13.2. The van der Waals surface area contributed by atoms with Crippen molar-refractivity contribution in [1.82, 2.24) is 19.8 Å². The van der Waals surface area contributed by atoms with E-state index in [0.717, 1.165) is 24.0 Å². The van der Waals surface area contributed by atoms with Gasteiger partial charge in [0.1, 0.15) is 22.2 Å². The van der Waals surface area contributed by atoms with Crippen LogP contribution >= 0.6 is 11.6 Å². The average Bonchev–Trinajstić information content (AvgIpc) is 2.88. The Balaban J connectivity index is 1.65. The third kappa shape index (κ3) is 11.5. The molecule has 0 aliphatic carbocycles. The number of ether oxygens (including phenoxy) is 3. The van der Waals surface area contributed by atoms with E-state index in [1.165, 1.54) is 6.07 Å². The Morgan fingerprint density at radius 1 is 0.976 bits per heavy atom. The van der Waals surface area contributed by atoms with Crippen LogP contribution in [0.4, 0.5) is 21.4 Å². The van der Waals surface area contributed by atoms with E-state index in [4.69, 9.17) is 31.5 Å². The SMILES string of the molecule is CC(C)(C)OC(=O)N(CCCN(C(=O)OC(C)(C)C)C1CCOCC1)Cc1ccc(CNc2nc(N)cc(Cl)n2)cc1. The minimum absolute atomic E-state index is 0.0403. The number of nitrogens with zero attached hydrogens (tertiary/aromatic N) is 4. The molecule has 3 N–H and O–H groups in total. The van der Waals surface area contributed by atoms with Crippen molar-refractivity contribution in [2.75, 3.05) is 37.4 Å². The van der Waals surface area contributed by atoms with Crippen LogP contribution in [0.3, 0.4) is 0 Å². The number of rotatable bonds is 10. The van der Waals surface area contributed by atoms with Gasteiger partial charge in [0, 0.05) is 51.5 Å². The Morgan fingerprint density at radius 2 is 1.57 bits per heavy atom. The van der Waals surface area contributed by atoms with Crippen molar-refractivity contribution in [1.29, 1.82) is 0 Å². The number of hydrogen-bond acceptors (Lipinski definition) is 9. The maximum Gasteiger partial charge on any atom is 0.410 e. The van der Waals surface area contributed by atoms with Gasteiger partial charge < -0.3 is 35.1 Å². The van der Waals surface area contributed by atoms with E-state index in [1.54, 1.807) is 9.80 Å². The number of carbonyl (C=O) groups excluding carboxylic acids is 2. The molecule has 232 valence electrons. The van der Waals surface area contributed by atoms with Crippen molar-refractivity contribution in [3.63, 3.8) is 0 Å². The smallest absolute Gasteiger partial charge is 0.410 e. The number of benzene rings is 1. The number of anilines is 2. The van der Waals surface area contributed by atoms with Crippen LogP contribution in [0.15, 0.2) is 30.3 Å². The van der Waals surface area contributed by atoms with E-state index < -0.39 is 17.3 Å². The predicted octanol–water partition coefficient (Wildman–Crippen LogP) is 5.87. The Hall–Kier alpha value is -3.31. The monoisotopic (exact) mass is 604 g/mol. The lowest BCUT2D eigenvalue weighted by molar-refractivity contribution is -0.00696. The summed E-state index contributed by atoms with van der Waals surface area (Å²) in [6.07, 6.45) is 1.34. The van der Waals surface area contributed by atoms with Gasteiger partial charge in [-0.3, -0.25) is 0 Å².